The summed E-state index contributed by atoms with van der Waals surface area (Å²) in [5.74, 6) is 0. The minimum atomic E-state index is -0.501. The fourth-order valence-electron chi connectivity index (χ4n) is 1.68. The van der Waals surface area contributed by atoms with Crippen molar-refractivity contribution in [2.45, 2.75) is 6.54 Å². The van der Waals surface area contributed by atoms with Crippen LogP contribution in [0.4, 0.5) is 4.79 Å². The van der Waals surface area contributed by atoms with Gasteiger partial charge in [-0.05, 0) is 12.1 Å². The van der Waals surface area contributed by atoms with Crippen LogP contribution in [0.1, 0.15) is 5.56 Å². The van der Waals surface area contributed by atoms with E-state index in [1.54, 1.807) is 0 Å². The molecule has 1 aromatic carbocycles. The number of nitrogens with zero attached hydrogens (tertiary/aromatic N) is 2. The maximum Gasteiger partial charge on any atom is 0.312 e. The van der Waals surface area contributed by atoms with Crippen LogP contribution in [0.2, 0.25) is 0 Å². The van der Waals surface area contributed by atoms with Crippen molar-refractivity contribution in [1.82, 2.24) is 20.4 Å². The normalized spacial score (nSPS) is 10.3. The molecule has 0 fully saturated rings. The van der Waals surface area contributed by atoms with Crippen molar-refractivity contribution >= 4 is 6.03 Å². The van der Waals surface area contributed by atoms with Crippen LogP contribution in [0.15, 0.2) is 42.7 Å². The second-order valence-corrected chi connectivity index (χ2v) is 4.10. The van der Waals surface area contributed by atoms with E-state index in [0.29, 0.717) is 19.6 Å². The average Bonchev–Trinajstić information content (AvgIpc) is 2.88. The van der Waals surface area contributed by atoms with Gasteiger partial charge in [0, 0.05) is 31.4 Å². The Kier molecular flexibility index (Phi) is 4.52. The smallest absolute Gasteiger partial charge is 0.312 e. The topological polar surface area (TPSA) is 85.0 Å². The first-order valence-electron chi connectivity index (χ1n) is 6.09. The first kappa shape index (κ1) is 13.1. The zero-order valence-corrected chi connectivity index (χ0v) is 10.5. The quantitative estimate of drug-likeness (QED) is 0.665. The molecule has 0 aliphatic carbocycles. The lowest BCUT2D eigenvalue weighted by atomic mass is 10.3. The molecule has 6 heteroatoms. The summed E-state index contributed by atoms with van der Waals surface area (Å²) in [5.41, 5.74) is 7.08. The zero-order valence-electron chi connectivity index (χ0n) is 10.5. The monoisotopic (exact) mass is 259 g/mol. The Morgan fingerprint density at radius 1 is 1.26 bits per heavy atom. The van der Waals surface area contributed by atoms with E-state index < -0.39 is 6.03 Å². The van der Waals surface area contributed by atoms with E-state index in [1.165, 1.54) is 0 Å². The first-order valence-corrected chi connectivity index (χ1v) is 6.09. The number of nitrogens with two attached hydrogens (primary N) is 1. The predicted octanol–water partition coefficient (Wildman–Crippen LogP) is 0.630. The Hall–Kier alpha value is -2.34. The molecule has 0 bridgehead atoms. The number of hydrogen-bond donors (Lipinski definition) is 3. The van der Waals surface area contributed by atoms with E-state index in [2.05, 4.69) is 15.7 Å². The van der Waals surface area contributed by atoms with Crippen LogP contribution in [0.5, 0.6) is 0 Å². The van der Waals surface area contributed by atoms with Crippen molar-refractivity contribution in [3.05, 3.63) is 48.3 Å². The molecular weight excluding hydrogens is 242 g/mol. The van der Waals surface area contributed by atoms with Crippen molar-refractivity contribution in [3.8, 4) is 5.69 Å². The molecule has 100 valence electrons. The van der Waals surface area contributed by atoms with Crippen molar-refractivity contribution in [2.24, 2.45) is 5.73 Å². The molecule has 0 radical (unpaired) electrons. The fraction of sp³-hybridized carbons (Fsp3) is 0.231. The van der Waals surface area contributed by atoms with Gasteiger partial charge >= 0.3 is 6.03 Å². The number of benzene rings is 1. The summed E-state index contributed by atoms with van der Waals surface area (Å²) in [6.45, 7) is 1.88. The van der Waals surface area contributed by atoms with Gasteiger partial charge in [-0.15, -0.1) is 0 Å². The Labute approximate surface area is 111 Å². The molecule has 0 aliphatic rings. The number of urea groups is 1. The molecule has 0 unspecified atom stereocenters. The van der Waals surface area contributed by atoms with Crippen molar-refractivity contribution in [3.63, 3.8) is 0 Å². The van der Waals surface area contributed by atoms with Crippen molar-refractivity contribution < 1.29 is 4.79 Å². The highest BCUT2D eigenvalue weighted by Crippen LogP contribution is 2.07. The number of aromatic nitrogens is 2. The highest BCUT2D eigenvalue weighted by molar-refractivity contribution is 5.71. The molecule has 0 aliphatic heterocycles. The van der Waals surface area contributed by atoms with Crippen LogP contribution in [0.3, 0.4) is 0 Å². The number of carbonyl (C=O) groups is 1. The maximum absolute atomic E-state index is 10.5. The van der Waals surface area contributed by atoms with Crippen LogP contribution in [0, 0.1) is 0 Å². The number of para-hydroxylation sites is 1. The number of carbonyl (C=O) groups excluding carboxylic acids is 1. The summed E-state index contributed by atoms with van der Waals surface area (Å²) in [6, 6.07) is 9.43. The summed E-state index contributed by atoms with van der Waals surface area (Å²) in [6.07, 6.45) is 3.80. The van der Waals surface area contributed by atoms with E-state index in [4.69, 9.17) is 5.73 Å². The Balaban J connectivity index is 1.80. The van der Waals surface area contributed by atoms with Gasteiger partial charge in [0.05, 0.1) is 11.9 Å². The summed E-state index contributed by atoms with van der Waals surface area (Å²) in [5, 5.41) is 10.0. The Morgan fingerprint density at radius 2 is 2.05 bits per heavy atom. The summed E-state index contributed by atoms with van der Waals surface area (Å²) in [4.78, 5) is 10.5. The summed E-state index contributed by atoms with van der Waals surface area (Å²) in [7, 11) is 0. The van der Waals surface area contributed by atoms with Gasteiger partial charge in [-0.3, -0.25) is 0 Å². The lowest BCUT2D eigenvalue weighted by Crippen LogP contribution is -2.35. The van der Waals surface area contributed by atoms with E-state index >= 15 is 0 Å². The van der Waals surface area contributed by atoms with Crippen LogP contribution in [-0.2, 0) is 6.54 Å². The standard InChI is InChI=1S/C13H17N5O/c14-13(19)16-7-6-15-8-11-9-17-18(10-11)12-4-2-1-3-5-12/h1-5,9-10,15H,6-8H2,(H3,14,16,19). The van der Waals surface area contributed by atoms with Crippen LogP contribution in [0.25, 0.3) is 5.69 Å². The van der Waals surface area contributed by atoms with Gasteiger partial charge < -0.3 is 16.4 Å². The van der Waals surface area contributed by atoms with Crippen molar-refractivity contribution in [2.75, 3.05) is 13.1 Å². The molecule has 4 N–H and O–H groups in total. The third kappa shape index (κ3) is 4.11. The van der Waals surface area contributed by atoms with Gasteiger partial charge in [0.15, 0.2) is 0 Å². The molecule has 19 heavy (non-hydrogen) atoms. The number of rotatable bonds is 6. The van der Waals surface area contributed by atoms with Crippen LogP contribution in [-0.4, -0.2) is 28.9 Å². The number of hydrogen-bond acceptors (Lipinski definition) is 3. The van der Waals surface area contributed by atoms with E-state index in [-0.39, 0.29) is 0 Å². The van der Waals surface area contributed by atoms with E-state index in [1.807, 2.05) is 47.4 Å². The molecule has 6 nitrogen and oxygen atoms in total. The lowest BCUT2D eigenvalue weighted by Gasteiger charge is -2.03. The average molecular weight is 259 g/mol. The van der Waals surface area contributed by atoms with E-state index in [9.17, 15) is 4.79 Å². The second-order valence-electron chi connectivity index (χ2n) is 4.10. The minimum absolute atomic E-state index is 0.501. The van der Waals surface area contributed by atoms with Crippen LogP contribution < -0.4 is 16.4 Å². The predicted molar refractivity (Wildman–Crippen MR) is 72.9 cm³/mol. The third-order valence-corrected chi connectivity index (χ3v) is 2.59. The van der Waals surface area contributed by atoms with Gasteiger partial charge in [-0.2, -0.15) is 5.10 Å². The molecule has 2 rings (SSSR count). The maximum atomic E-state index is 10.5. The second kappa shape index (κ2) is 6.55. The SMILES string of the molecule is NC(=O)NCCNCc1cnn(-c2ccccc2)c1. The Bertz CT molecular complexity index is 523. The molecule has 0 saturated heterocycles. The molecule has 2 aromatic rings. The molecule has 1 aromatic heterocycles. The number of amides is 2. The van der Waals surface area contributed by atoms with Gasteiger partial charge in [-0.1, -0.05) is 18.2 Å². The summed E-state index contributed by atoms with van der Waals surface area (Å²) < 4.78 is 1.83. The van der Waals surface area contributed by atoms with E-state index in [0.717, 1.165) is 11.3 Å². The first-order chi connectivity index (χ1) is 9.25. The number of primary amides is 1. The molecule has 0 atom stereocenters. The molecule has 0 saturated carbocycles. The van der Waals surface area contributed by atoms with Crippen molar-refractivity contribution in [1.29, 1.82) is 0 Å². The number of nitrogens with one attached hydrogen (secondary N) is 2. The molecule has 2 amide bonds. The third-order valence-electron chi connectivity index (χ3n) is 2.59. The van der Waals surface area contributed by atoms with Gasteiger partial charge in [0.25, 0.3) is 0 Å². The molecular formula is C13H17N5O. The minimum Gasteiger partial charge on any atom is -0.352 e. The van der Waals surface area contributed by atoms with Crippen LogP contribution >= 0.6 is 0 Å². The van der Waals surface area contributed by atoms with Gasteiger partial charge in [0.2, 0.25) is 0 Å². The molecule has 0 spiro atoms. The highest BCUT2D eigenvalue weighted by Gasteiger charge is 2.00. The molecule has 1 heterocycles. The fourth-order valence-corrected chi connectivity index (χ4v) is 1.68. The highest BCUT2D eigenvalue weighted by atomic mass is 16.2. The Morgan fingerprint density at radius 3 is 2.79 bits per heavy atom. The van der Waals surface area contributed by atoms with Gasteiger partial charge in [-0.25, -0.2) is 9.48 Å². The summed E-state index contributed by atoms with van der Waals surface area (Å²) >= 11 is 0. The largest absolute Gasteiger partial charge is 0.352 e. The lowest BCUT2D eigenvalue weighted by molar-refractivity contribution is 0.249. The zero-order chi connectivity index (χ0) is 13.5. The van der Waals surface area contributed by atoms with Gasteiger partial charge in [0.1, 0.15) is 0 Å².